The van der Waals surface area contributed by atoms with Crippen LogP contribution in [-0.2, 0) is 21.7 Å². The molecular weight excluding hydrogens is 525 g/mol. The minimum atomic E-state index is -1.44. The van der Waals surface area contributed by atoms with Crippen LogP contribution in [0.4, 0.5) is 0 Å². The molecule has 0 aromatic carbocycles. The van der Waals surface area contributed by atoms with Crippen LogP contribution in [-0.4, -0.2) is 23.2 Å². The van der Waals surface area contributed by atoms with Gasteiger partial charge in [-0.25, -0.2) is 0 Å². The number of hydrogen-bond acceptors (Lipinski definition) is 1. The average molecular weight is 586 g/mol. The van der Waals surface area contributed by atoms with Crippen LogP contribution in [0.25, 0.3) is 0 Å². The van der Waals surface area contributed by atoms with Crippen LogP contribution in [0.15, 0.2) is 53.0 Å². The molecule has 0 unspecified atom stereocenters. The van der Waals surface area contributed by atoms with Crippen molar-refractivity contribution in [2.24, 2.45) is 4.74 Å². The Kier molecular flexibility index (Phi) is 20.2. The standard InChI is InChI=1S/C23H50NPSi3.C6H10.Ti/c1-10-13-20-26(4,5)25(24-23-18-16-17-19-23,27(6,7)21-14-11-2)28(8,9)22-15-12-3;1-3-5-6-4-2;/h16-18H,10-15,19-22H2,1-9H3;3-6H,1-2H3;. The van der Waals surface area contributed by atoms with E-state index in [1.165, 1.54) is 62.4 Å². The molecule has 1 nitrogen and oxygen atoms in total. The van der Waals surface area contributed by atoms with Gasteiger partial charge in [-0.2, -0.15) is 0 Å². The van der Waals surface area contributed by atoms with Gasteiger partial charge in [-0.1, -0.05) is 159 Å². The summed E-state index contributed by atoms with van der Waals surface area (Å²) in [5.41, 5.74) is 0.134. The molecule has 202 valence electrons. The van der Waals surface area contributed by atoms with Crippen molar-refractivity contribution in [3.63, 3.8) is 0 Å². The average Bonchev–Trinajstić information content (AvgIpc) is 3.30. The Bertz CT molecular complexity index is 682. The number of rotatable bonds is 14. The molecule has 0 aromatic heterocycles. The molecule has 0 heterocycles. The Morgan fingerprint density at radius 2 is 1.11 bits per heavy atom. The summed E-state index contributed by atoms with van der Waals surface area (Å²) in [5.74, 6) is 0. The SMILES string of the molecule is CC=CC=CC.CCCC[Si](C)(C)P(=NC1=CC=CC1)([Si](C)(C)CCCC)[Si](C)(C)CCCC.[Ti]. The third kappa shape index (κ3) is 11.1. The van der Waals surface area contributed by atoms with Crippen LogP contribution in [0.3, 0.4) is 0 Å². The van der Waals surface area contributed by atoms with Gasteiger partial charge in [0.25, 0.3) is 0 Å². The molecule has 0 saturated heterocycles. The van der Waals surface area contributed by atoms with Gasteiger partial charge >= 0.3 is 0 Å². The van der Waals surface area contributed by atoms with E-state index in [0.717, 1.165) is 6.42 Å². The molecule has 35 heavy (non-hydrogen) atoms. The number of hydrogen-bond donors (Lipinski definition) is 0. The van der Waals surface area contributed by atoms with Crippen molar-refractivity contribution in [3.8, 4) is 0 Å². The molecule has 0 atom stereocenters. The molecule has 0 N–H and O–H groups in total. The van der Waals surface area contributed by atoms with Gasteiger partial charge < -0.3 is 0 Å². The Morgan fingerprint density at radius 1 is 0.743 bits per heavy atom. The summed E-state index contributed by atoms with van der Waals surface area (Å²) in [6.07, 6.45) is 24.3. The molecule has 1 rings (SSSR count). The number of allylic oxidation sites excluding steroid dienone is 7. The van der Waals surface area contributed by atoms with Gasteiger partial charge in [0, 0.05) is 33.8 Å². The molecule has 0 aromatic rings. The fraction of sp³-hybridized carbons (Fsp3) is 0.724. The maximum absolute atomic E-state index is 6.08. The summed E-state index contributed by atoms with van der Waals surface area (Å²) in [5, 5.41) is 0. The second-order valence-corrected chi connectivity index (χ2v) is 46.4. The van der Waals surface area contributed by atoms with E-state index in [-0.39, 0.29) is 21.7 Å². The minimum absolute atomic E-state index is 0. The first-order valence-corrected chi connectivity index (χ1v) is 28.0. The van der Waals surface area contributed by atoms with Crippen molar-refractivity contribution in [1.82, 2.24) is 0 Å². The Morgan fingerprint density at radius 3 is 1.37 bits per heavy atom. The third-order valence-electron chi connectivity index (χ3n) is 7.58. The van der Waals surface area contributed by atoms with E-state index in [1.54, 1.807) is 0 Å². The fourth-order valence-corrected chi connectivity index (χ4v) is 89.9. The summed E-state index contributed by atoms with van der Waals surface area (Å²) in [7, 11) is -4.33. The summed E-state index contributed by atoms with van der Waals surface area (Å²) >= 11 is 0. The summed E-state index contributed by atoms with van der Waals surface area (Å²) in [4.78, 5) is 0. The van der Waals surface area contributed by atoms with Crippen molar-refractivity contribution in [1.29, 1.82) is 0 Å². The largest absolute Gasteiger partial charge is 0.283 e. The van der Waals surface area contributed by atoms with Crippen LogP contribution in [0, 0.1) is 0 Å². The topological polar surface area (TPSA) is 12.4 Å². The molecular formula is C29H60NPSi3Ti. The van der Waals surface area contributed by atoms with Gasteiger partial charge in [-0.05, 0) is 19.9 Å². The van der Waals surface area contributed by atoms with Crippen molar-refractivity contribution in [2.75, 3.05) is 0 Å². The van der Waals surface area contributed by atoms with Gasteiger partial charge in [0.05, 0.1) is 23.2 Å². The summed E-state index contributed by atoms with van der Waals surface area (Å²) < 4.78 is 6.08. The summed E-state index contributed by atoms with van der Waals surface area (Å²) in [6, 6.07) is 4.52. The Labute approximate surface area is 239 Å². The van der Waals surface area contributed by atoms with Crippen molar-refractivity contribution >= 4 is 28.9 Å². The van der Waals surface area contributed by atoms with Gasteiger partial charge in [0.15, 0.2) is 0 Å². The molecule has 0 saturated carbocycles. The molecule has 0 amide bonds. The van der Waals surface area contributed by atoms with Crippen LogP contribution in [0.5, 0.6) is 0 Å². The number of nitrogens with zero attached hydrogens (tertiary/aromatic N) is 1. The molecule has 0 radical (unpaired) electrons. The fourth-order valence-electron chi connectivity index (χ4n) is 6.10. The molecule has 6 heteroatoms. The molecule has 0 fully saturated rings. The maximum Gasteiger partial charge on any atom is 0.0873 e. The van der Waals surface area contributed by atoms with E-state index in [4.69, 9.17) is 4.74 Å². The van der Waals surface area contributed by atoms with Gasteiger partial charge in [-0.15, -0.1) is 0 Å². The van der Waals surface area contributed by atoms with E-state index < -0.39 is 28.9 Å². The summed E-state index contributed by atoms with van der Waals surface area (Å²) in [6.45, 7) is 27.8. The first kappa shape index (κ1) is 37.7. The zero-order chi connectivity index (χ0) is 26.3. The minimum Gasteiger partial charge on any atom is -0.283 e. The normalized spacial score (nSPS) is 14.7. The quantitative estimate of drug-likeness (QED) is 0.109. The maximum atomic E-state index is 6.08. The van der Waals surface area contributed by atoms with Gasteiger partial charge in [0.1, 0.15) is 0 Å². The predicted molar refractivity (Wildman–Crippen MR) is 172 cm³/mol. The van der Waals surface area contributed by atoms with Crippen molar-refractivity contribution in [3.05, 3.63) is 48.2 Å². The Hall–Kier alpha value is 0.555. The molecule has 1 aliphatic carbocycles. The van der Waals surface area contributed by atoms with E-state index in [2.05, 4.69) is 78.3 Å². The van der Waals surface area contributed by atoms with Crippen LogP contribution >= 0.6 is 5.70 Å². The zero-order valence-electron chi connectivity index (χ0n) is 25.5. The predicted octanol–water partition coefficient (Wildman–Crippen LogP) is 12.2. The van der Waals surface area contributed by atoms with E-state index >= 15 is 0 Å². The first-order valence-electron chi connectivity index (χ1n) is 14.1. The van der Waals surface area contributed by atoms with Crippen molar-refractivity contribution in [2.45, 2.75) is 137 Å². The van der Waals surface area contributed by atoms with E-state index in [9.17, 15) is 0 Å². The first-order chi connectivity index (χ1) is 15.9. The monoisotopic (exact) mass is 585 g/mol. The smallest absolute Gasteiger partial charge is 0.0873 e. The molecule has 1 aliphatic rings. The van der Waals surface area contributed by atoms with Crippen molar-refractivity contribution < 1.29 is 21.7 Å². The van der Waals surface area contributed by atoms with Crippen LogP contribution in [0.1, 0.15) is 79.6 Å². The third-order valence-corrected chi connectivity index (χ3v) is 69.5. The molecule has 0 bridgehead atoms. The second-order valence-electron chi connectivity index (χ2n) is 11.8. The zero-order valence-corrected chi connectivity index (χ0v) is 31.0. The Balaban J connectivity index is 0. The van der Waals surface area contributed by atoms with E-state index in [0.29, 0.717) is 0 Å². The van der Waals surface area contributed by atoms with E-state index in [1.807, 2.05) is 38.2 Å². The molecule has 0 spiro atoms. The second kappa shape index (κ2) is 18.7. The number of unbranched alkanes of at least 4 members (excludes halogenated alkanes) is 3. The van der Waals surface area contributed by atoms with Gasteiger partial charge in [-0.3, -0.25) is 4.74 Å². The molecule has 0 aliphatic heterocycles. The van der Waals surface area contributed by atoms with Gasteiger partial charge in [0.2, 0.25) is 0 Å². The van der Waals surface area contributed by atoms with Crippen LogP contribution in [0.2, 0.25) is 57.4 Å². The van der Waals surface area contributed by atoms with Crippen LogP contribution < -0.4 is 0 Å².